The van der Waals surface area contributed by atoms with E-state index in [1.54, 1.807) is 0 Å². The average molecular weight is 274 g/mol. The zero-order chi connectivity index (χ0) is 14.5. The summed E-state index contributed by atoms with van der Waals surface area (Å²) in [5, 5.41) is 0. The fourth-order valence-electron chi connectivity index (χ4n) is 3.12. The molecule has 1 unspecified atom stereocenters. The smallest absolute Gasteiger partial charge is 0.231 e. The van der Waals surface area contributed by atoms with Crippen molar-refractivity contribution in [2.24, 2.45) is 11.7 Å². The molecule has 3 nitrogen and oxygen atoms in total. The van der Waals surface area contributed by atoms with Crippen LogP contribution in [0.2, 0.25) is 0 Å². The Hall–Kier alpha value is -1.35. The maximum absolute atomic E-state index is 12.7. The van der Waals surface area contributed by atoms with Crippen LogP contribution >= 0.6 is 0 Å². The van der Waals surface area contributed by atoms with Crippen molar-refractivity contribution >= 4 is 5.91 Å². The van der Waals surface area contributed by atoms with E-state index in [0.717, 1.165) is 24.3 Å². The number of amides is 1. The van der Waals surface area contributed by atoms with Gasteiger partial charge in [-0.05, 0) is 37.2 Å². The fourth-order valence-corrected chi connectivity index (χ4v) is 3.12. The Morgan fingerprint density at radius 1 is 1.25 bits per heavy atom. The molecule has 0 bridgehead atoms. The van der Waals surface area contributed by atoms with Crippen molar-refractivity contribution < 1.29 is 4.79 Å². The average Bonchev–Trinajstić information content (AvgIpc) is 2.49. The van der Waals surface area contributed by atoms with Gasteiger partial charge in [0.15, 0.2) is 0 Å². The first-order valence-electron chi connectivity index (χ1n) is 7.65. The predicted octanol–water partition coefficient (Wildman–Crippen LogP) is 2.77. The summed E-state index contributed by atoms with van der Waals surface area (Å²) in [4.78, 5) is 14.6. The number of hydrogen-bond acceptors (Lipinski definition) is 2. The van der Waals surface area contributed by atoms with Crippen LogP contribution in [-0.2, 0) is 4.79 Å². The second-order valence-electron chi connectivity index (χ2n) is 6.06. The lowest BCUT2D eigenvalue weighted by atomic mass is 9.86. The Balaban J connectivity index is 2.05. The van der Waals surface area contributed by atoms with Crippen LogP contribution in [0.3, 0.4) is 0 Å². The van der Waals surface area contributed by atoms with Crippen LogP contribution in [0.4, 0.5) is 0 Å². The van der Waals surface area contributed by atoms with Crippen LogP contribution in [0.1, 0.15) is 44.1 Å². The van der Waals surface area contributed by atoms with Crippen molar-refractivity contribution in [1.82, 2.24) is 4.90 Å². The molecular formula is C17H26N2O. The second kappa shape index (κ2) is 6.89. The molecule has 1 fully saturated rings. The number of carbonyl (C=O) groups is 1. The molecule has 110 valence electrons. The molecule has 1 aromatic rings. The van der Waals surface area contributed by atoms with E-state index in [4.69, 9.17) is 5.73 Å². The van der Waals surface area contributed by atoms with Crippen LogP contribution in [0, 0.1) is 5.92 Å². The molecule has 0 aromatic heterocycles. The van der Waals surface area contributed by atoms with Gasteiger partial charge in [0.05, 0.1) is 5.92 Å². The summed E-state index contributed by atoms with van der Waals surface area (Å²) in [6.45, 7) is 2.67. The van der Waals surface area contributed by atoms with Gasteiger partial charge in [-0.1, -0.05) is 37.3 Å². The second-order valence-corrected chi connectivity index (χ2v) is 6.06. The summed E-state index contributed by atoms with van der Waals surface area (Å²) in [7, 11) is 1.94. The van der Waals surface area contributed by atoms with Crippen LogP contribution in [0.5, 0.6) is 0 Å². The molecule has 0 saturated heterocycles. The lowest BCUT2D eigenvalue weighted by Crippen LogP contribution is -2.43. The molecule has 1 atom stereocenters. The third-order valence-corrected chi connectivity index (χ3v) is 4.62. The molecule has 3 heteroatoms. The lowest BCUT2D eigenvalue weighted by molar-refractivity contribution is -0.134. The minimum Gasteiger partial charge on any atom is -0.342 e. The van der Waals surface area contributed by atoms with Crippen molar-refractivity contribution in [2.45, 2.75) is 44.6 Å². The van der Waals surface area contributed by atoms with Gasteiger partial charge in [-0.3, -0.25) is 4.79 Å². The largest absolute Gasteiger partial charge is 0.342 e. The van der Waals surface area contributed by atoms with E-state index in [1.807, 2.05) is 42.3 Å². The highest BCUT2D eigenvalue weighted by molar-refractivity contribution is 5.84. The molecule has 20 heavy (non-hydrogen) atoms. The van der Waals surface area contributed by atoms with E-state index in [9.17, 15) is 4.79 Å². The predicted molar refractivity (Wildman–Crippen MR) is 82.4 cm³/mol. The number of rotatable bonds is 4. The van der Waals surface area contributed by atoms with E-state index < -0.39 is 0 Å². The highest BCUT2D eigenvalue weighted by Crippen LogP contribution is 2.28. The van der Waals surface area contributed by atoms with Gasteiger partial charge in [0, 0.05) is 19.6 Å². The number of nitrogens with two attached hydrogens (primary N) is 1. The van der Waals surface area contributed by atoms with Gasteiger partial charge in [-0.15, -0.1) is 0 Å². The monoisotopic (exact) mass is 274 g/mol. The molecular weight excluding hydrogens is 248 g/mol. The first-order chi connectivity index (χ1) is 9.63. The molecule has 1 saturated carbocycles. The first-order valence-corrected chi connectivity index (χ1v) is 7.65. The van der Waals surface area contributed by atoms with Gasteiger partial charge in [0.2, 0.25) is 5.91 Å². The zero-order valence-corrected chi connectivity index (χ0v) is 12.6. The Kier molecular flexibility index (Phi) is 5.18. The van der Waals surface area contributed by atoms with E-state index in [1.165, 1.54) is 12.8 Å². The van der Waals surface area contributed by atoms with Crippen LogP contribution < -0.4 is 5.73 Å². The number of likely N-dealkylation sites (N-methyl/N-ethyl adjacent to an activating group) is 1. The highest BCUT2D eigenvalue weighted by Gasteiger charge is 2.29. The summed E-state index contributed by atoms with van der Waals surface area (Å²) in [5.41, 5.74) is 6.87. The molecule has 1 aromatic carbocycles. The van der Waals surface area contributed by atoms with Crippen molar-refractivity contribution in [3.63, 3.8) is 0 Å². The maximum Gasteiger partial charge on any atom is 0.231 e. The van der Waals surface area contributed by atoms with Crippen LogP contribution in [-0.4, -0.2) is 30.4 Å². The molecule has 1 aliphatic carbocycles. The van der Waals surface area contributed by atoms with E-state index in [-0.39, 0.29) is 11.8 Å². The summed E-state index contributed by atoms with van der Waals surface area (Å²) >= 11 is 0. The van der Waals surface area contributed by atoms with Gasteiger partial charge in [0.25, 0.3) is 0 Å². The Bertz CT molecular complexity index is 424. The molecule has 0 aliphatic heterocycles. The normalized spacial score (nSPS) is 24.1. The minimum absolute atomic E-state index is 0.165. The molecule has 2 N–H and O–H groups in total. The number of nitrogens with zero attached hydrogens (tertiary/aromatic N) is 1. The topological polar surface area (TPSA) is 46.3 Å². The zero-order valence-electron chi connectivity index (χ0n) is 12.6. The van der Waals surface area contributed by atoms with Gasteiger partial charge in [-0.25, -0.2) is 0 Å². The summed E-state index contributed by atoms with van der Waals surface area (Å²) in [6, 6.07) is 10.3. The van der Waals surface area contributed by atoms with Crippen molar-refractivity contribution in [2.75, 3.05) is 13.6 Å². The van der Waals surface area contributed by atoms with Crippen LogP contribution in [0.25, 0.3) is 0 Å². The molecule has 1 aliphatic rings. The maximum atomic E-state index is 12.7. The van der Waals surface area contributed by atoms with Gasteiger partial charge < -0.3 is 10.6 Å². The lowest BCUT2D eigenvalue weighted by Gasteiger charge is -2.35. The summed E-state index contributed by atoms with van der Waals surface area (Å²) in [6.07, 6.45) is 4.69. The first kappa shape index (κ1) is 15.0. The number of benzene rings is 1. The van der Waals surface area contributed by atoms with Crippen LogP contribution in [0.15, 0.2) is 30.3 Å². The molecule has 0 spiro atoms. The van der Waals surface area contributed by atoms with E-state index in [2.05, 4.69) is 6.92 Å². The third kappa shape index (κ3) is 3.40. The Morgan fingerprint density at radius 3 is 2.40 bits per heavy atom. The molecule has 0 radical (unpaired) electrons. The fraction of sp³-hybridized carbons (Fsp3) is 0.588. The van der Waals surface area contributed by atoms with Crippen molar-refractivity contribution in [1.29, 1.82) is 0 Å². The van der Waals surface area contributed by atoms with Gasteiger partial charge >= 0.3 is 0 Å². The minimum atomic E-state index is -0.208. The molecule has 1 amide bonds. The van der Waals surface area contributed by atoms with Crippen molar-refractivity contribution in [3.05, 3.63) is 35.9 Å². The van der Waals surface area contributed by atoms with E-state index >= 15 is 0 Å². The van der Waals surface area contributed by atoms with Gasteiger partial charge in [-0.2, -0.15) is 0 Å². The van der Waals surface area contributed by atoms with E-state index in [0.29, 0.717) is 12.6 Å². The van der Waals surface area contributed by atoms with Crippen molar-refractivity contribution in [3.8, 4) is 0 Å². The highest BCUT2D eigenvalue weighted by atomic mass is 16.2. The number of hydrogen-bond donors (Lipinski definition) is 1. The molecule has 0 heterocycles. The third-order valence-electron chi connectivity index (χ3n) is 4.62. The summed E-state index contributed by atoms with van der Waals surface area (Å²) < 4.78 is 0. The quantitative estimate of drug-likeness (QED) is 0.917. The standard InChI is InChI=1S/C17H26N2O/c1-13-8-10-15(11-9-13)19(2)17(20)16(12-18)14-6-4-3-5-7-14/h3-7,13,15-16H,8-12,18H2,1-2H3. The Labute approximate surface area is 122 Å². The van der Waals surface area contributed by atoms with Gasteiger partial charge in [0.1, 0.15) is 0 Å². The Morgan fingerprint density at radius 2 is 1.85 bits per heavy atom. The summed E-state index contributed by atoms with van der Waals surface area (Å²) in [5.74, 6) is 0.757. The SMILES string of the molecule is CC1CCC(N(C)C(=O)C(CN)c2ccccc2)CC1. The molecule has 2 rings (SSSR count). The number of carbonyl (C=O) groups excluding carboxylic acids is 1.